The molecule has 0 atom stereocenters. The summed E-state index contributed by atoms with van der Waals surface area (Å²) in [6.45, 7) is 4.28. The molecule has 0 spiro atoms. The molecule has 0 bridgehead atoms. The third kappa shape index (κ3) is 3.21. The Labute approximate surface area is 99.6 Å². The second-order valence-corrected chi connectivity index (χ2v) is 4.83. The first-order valence-electron chi connectivity index (χ1n) is 5.62. The summed E-state index contributed by atoms with van der Waals surface area (Å²) in [6.07, 6.45) is 1.07. The fraction of sp³-hybridized carbons (Fsp3) is 0.545. The fourth-order valence-electron chi connectivity index (χ4n) is 1.73. The van der Waals surface area contributed by atoms with E-state index in [4.69, 9.17) is 0 Å². The maximum absolute atomic E-state index is 11.2. The van der Waals surface area contributed by atoms with Crippen LogP contribution in [0.5, 0.6) is 0 Å². The van der Waals surface area contributed by atoms with E-state index in [0.29, 0.717) is 0 Å². The van der Waals surface area contributed by atoms with Crippen LogP contribution >= 0.6 is 11.3 Å². The van der Waals surface area contributed by atoms with Crippen molar-refractivity contribution in [1.82, 2.24) is 15.5 Å². The van der Waals surface area contributed by atoms with Gasteiger partial charge in [-0.25, -0.2) is 4.79 Å². The van der Waals surface area contributed by atoms with Gasteiger partial charge in [0.25, 0.3) is 0 Å². The smallest absolute Gasteiger partial charge is 0.317 e. The van der Waals surface area contributed by atoms with Gasteiger partial charge in [-0.2, -0.15) is 0 Å². The Balaban J connectivity index is 1.53. The van der Waals surface area contributed by atoms with Crippen molar-refractivity contribution in [1.29, 1.82) is 0 Å². The van der Waals surface area contributed by atoms with Gasteiger partial charge in [0.2, 0.25) is 0 Å². The Hall–Kier alpha value is -1.07. The fourth-order valence-corrected chi connectivity index (χ4v) is 2.44. The van der Waals surface area contributed by atoms with E-state index in [0.717, 1.165) is 39.1 Å². The summed E-state index contributed by atoms with van der Waals surface area (Å²) in [7, 11) is 0. The summed E-state index contributed by atoms with van der Waals surface area (Å²) in [4.78, 5) is 14.5. The van der Waals surface area contributed by atoms with Crippen molar-refractivity contribution in [3.05, 3.63) is 22.4 Å². The molecule has 2 rings (SSSR count). The number of carbonyl (C=O) groups excluding carboxylic acids is 1. The average molecular weight is 239 g/mol. The molecule has 0 saturated carbocycles. The molecule has 2 heterocycles. The zero-order chi connectivity index (χ0) is 11.2. The van der Waals surface area contributed by atoms with Crippen LogP contribution in [-0.4, -0.2) is 43.7 Å². The quantitative estimate of drug-likeness (QED) is 0.725. The van der Waals surface area contributed by atoms with Gasteiger partial charge in [0.1, 0.15) is 0 Å². The minimum atomic E-state index is 0.0695. The summed E-state index contributed by atoms with van der Waals surface area (Å²) in [5, 5.41) is 8.25. The minimum absolute atomic E-state index is 0.0695. The van der Waals surface area contributed by atoms with Gasteiger partial charge in [0.05, 0.1) is 0 Å². The zero-order valence-electron chi connectivity index (χ0n) is 9.24. The van der Waals surface area contributed by atoms with E-state index in [2.05, 4.69) is 28.1 Å². The van der Waals surface area contributed by atoms with Crippen LogP contribution in [0.15, 0.2) is 17.5 Å². The lowest BCUT2D eigenvalue weighted by Crippen LogP contribution is -2.35. The molecule has 1 aromatic rings. The molecule has 16 heavy (non-hydrogen) atoms. The van der Waals surface area contributed by atoms with E-state index in [1.165, 1.54) is 4.88 Å². The van der Waals surface area contributed by atoms with E-state index in [9.17, 15) is 4.79 Å². The van der Waals surface area contributed by atoms with Gasteiger partial charge in [-0.05, 0) is 17.9 Å². The zero-order valence-corrected chi connectivity index (χ0v) is 10.1. The molecule has 2 amide bonds. The number of urea groups is 1. The number of nitrogens with one attached hydrogen (secondary N) is 2. The molecule has 4 nitrogen and oxygen atoms in total. The molecule has 5 heteroatoms. The summed E-state index contributed by atoms with van der Waals surface area (Å²) in [6, 6.07) is 4.30. The maximum Gasteiger partial charge on any atom is 0.317 e. The Kier molecular flexibility index (Phi) is 4.18. The third-order valence-electron chi connectivity index (χ3n) is 2.63. The molecule has 0 aromatic carbocycles. The Morgan fingerprint density at radius 2 is 2.44 bits per heavy atom. The first-order valence-corrected chi connectivity index (χ1v) is 6.50. The van der Waals surface area contributed by atoms with Crippen molar-refractivity contribution in [2.75, 3.05) is 32.7 Å². The van der Waals surface area contributed by atoms with Crippen molar-refractivity contribution in [3.63, 3.8) is 0 Å². The second-order valence-electron chi connectivity index (χ2n) is 3.80. The molecule has 0 aliphatic carbocycles. The molecule has 88 valence electrons. The van der Waals surface area contributed by atoms with E-state index >= 15 is 0 Å². The van der Waals surface area contributed by atoms with Crippen molar-refractivity contribution >= 4 is 17.4 Å². The Morgan fingerprint density at radius 1 is 1.50 bits per heavy atom. The normalized spacial score (nSPS) is 15.5. The molecule has 0 radical (unpaired) electrons. The topological polar surface area (TPSA) is 44.4 Å². The third-order valence-corrected chi connectivity index (χ3v) is 3.57. The molecular weight excluding hydrogens is 222 g/mol. The van der Waals surface area contributed by atoms with Gasteiger partial charge in [-0.1, -0.05) is 6.07 Å². The summed E-state index contributed by atoms with van der Waals surface area (Å²) >= 11 is 1.79. The molecule has 2 N–H and O–H groups in total. The van der Waals surface area contributed by atoms with Crippen LogP contribution in [0.2, 0.25) is 0 Å². The molecule has 1 fully saturated rings. The average Bonchev–Trinajstić information content (AvgIpc) is 2.90. The SMILES string of the molecule is O=C1NCCN1CCNCCc1cccs1. The van der Waals surface area contributed by atoms with Crippen molar-refractivity contribution in [3.8, 4) is 0 Å². The van der Waals surface area contributed by atoms with Crippen LogP contribution in [0.4, 0.5) is 4.79 Å². The molecule has 1 saturated heterocycles. The lowest BCUT2D eigenvalue weighted by Gasteiger charge is -2.13. The molecule has 1 aliphatic rings. The standard InChI is InChI=1S/C11H17N3OS/c15-11-13-6-8-14(11)7-5-12-4-3-10-2-1-9-16-10/h1-2,9,12H,3-8H2,(H,13,15). The summed E-state index contributed by atoms with van der Waals surface area (Å²) in [5.41, 5.74) is 0. The Morgan fingerprint density at radius 3 is 3.12 bits per heavy atom. The van der Waals surface area contributed by atoms with Gasteiger partial charge >= 0.3 is 6.03 Å². The van der Waals surface area contributed by atoms with E-state index < -0.39 is 0 Å². The van der Waals surface area contributed by atoms with E-state index in [1.54, 1.807) is 11.3 Å². The lowest BCUT2D eigenvalue weighted by molar-refractivity contribution is 0.217. The highest BCUT2D eigenvalue weighted by molar-refractivity contribution is 7.09. The highest BCUT2D eigenvalue weighted by Crippen LogP contribution is 2.07. The van der Waals surface area contributed by atoms with Crippen LogP contribution < -0.4 is 10.6 Å². The highest BCUT2D eigenvalue weighted by Gasteiger charge is 2.17. The predicted octanol–water partition coefficient (Wildman–Crippen LogP) is 0.905. The lowest BCUT2D eigenvalue weighted by atomic mass is 10.3. The van der Waals surface area contributed by atoms with Crippen LogP contribution in [0.3, 0.4) is 0 Å². The minimum Gasteiger partial charge on any atom is -0.336 e. The van der Waals surface area contributed by atoms with E-state index in [1.807, 2.05) is 4.90 Å². The van der Waals surface area contributed by atoms with Crippen LogP contribution in [-0.2, 0) is 6.42 Å². The van der Waals surface area contributed by atoms with Crippen LogP contribution in [0, 0.1) is 0 Å². The summed E-state index contributed by atoms with van der Waals surface area (Å²) < 4.78 is 0. The van der Waals surface area contributed by atoms with Gasteiger partial charge in [-0.3, -0.25) is 0 Å². The van der Waals surface area contributed by atoms with Gasteiger partial charge < -0.3 is 15.5 Å². The van der Waals surface area contributed by atoms with E-state index in [-0.39, 0.29) is 6.03 Å². The molecule has 1 aliphatic heterocycles. The van der Waals surface area contributed by atoms with Crippen molar-refractivity contribution in [2.24, 2.45) is 0 Å². The highest BCUT2D eigenvalue weighted by atomic mass is 32.1. The van der Waals surface area contributed by atoms with Gasteiger partial charge in [0.15, 0.2) is 0 Å². The number of hydrogen-bond donors (Lipinski definition) is 2. The number of nitrogens with zero attached hydrogens (tertiary/aromatic N) is 1. The number of carbonyl (C=O) groups is 1. The largest absolute Gasteiger partial charge is 0.336 e. The number of hydrogen-bond acceptors (Lipinski definition) is 3. The maximum atomic E-state index is 11.2. The Bertz CT molecular complexity index is 326. The number of rotatable bonds is 6. The van der Waals surface area contributed by atoms with Crippen LogP contribution in [0.25, 0.3) is 0 Å². The van der Waals surface area contributed by atoms with Gasteiger partial charge in [0, 0.05) is 37.6 Å². The van der Waals surface area contributed by atoms with Crippen molar-refractivity contribution in [2.45, 2.75) is 6.42 Å². The summed E-state index contributed by atoms with van der Waals surface area (Å²) in [5.74, 6) is 0. The first-order chi connectivity index (χ1) is 7.86. The predicted molar refractivity (Wildman–Crippen MR) is 65.9 cm³/mol. The van der Waals surface area contributed by atoms with Gasteiger partial charge in [-0.15, -0.1) is 11.3 Å². The van der Waals surface area contributed by atoms with Crippen molar-refractivity contribution < 1.29 is 4.79 Å². The molecular formula is C11H17N3OS. The second kappa shape index (κ2) is 5.86. The van der Waals surface area contributed by atoms with Crippen LogP contribution in [0.1, 0.15) is 4.88 Å². The number of thiophene rings is 1. The first kappa shape index (κ1) is 11.4. The monoisotopic (exact) mass is 239 g/mol. The molecule has 1 aromatic heterocycles. The number of amides is 2. The molecule has 0 unspecified atom stereocenters.